The van der Waals surface area contributed by atoms with E-state index in [1.165, 1.54) is 0 Å². The van der Waals surface area contributed by atoms with E-state index < -0.39 is 5.91 Å². The Morgan fingerprint density at radius 2 is 1.86 bits per heavy atom. The van der Waals surface area contributed by atoms with Crippen molar-refractivity contribution in [2.24, 2.45) is 5.73 Å². The molecule has 0 aliphatic rings. The number of primary amides is 1. The number of hydrogen-bond acceptors (Lipinski definition) is 3. The Morgan fingerprint density at radius 1 is 1.10 bits per heavy atom. The number of aromatic nitrogens is 1. The number of hydrogen-bond donors (Lipinski definition) is 2. The lowest BCUT2D eigenvalue weighted by molar-refractivity contribution is 0.100. The van der Waals surface area contributed by atoms with Crippen LogP contribution in [-0.4, -0.2) is 10.9 Å². The molecule has 0 spiro atoms. The molecule has 3 N–H and O–H groups in total. The van der Waals surface area contributed by atoms with E-state index in [0.717, 1.165) is 27.8 Å². The van der Waals surface area contributed by atoms with Gasteiger partial charge in [-0.15, -0.1) is 0 Å². The molecule has 1 aromatic heterocycles. The van der Waals surface area contributed by atoms with Crippen molar-refractivity contribution in [3.63, 3.8) is 0 Å². The minimum atomic E-state index is -0.425. The molecule has 21 heavy (non-hydrogen) atoms. The third kappa shape index (κ3) is 2.56. The van der Waals surface area contributed by atoms with Crippen molar-refractivity contribution in [2.75, 3.05) is 5.32 Å². The SMILES string of the molecule is Cc1cccc2c(Nc3ccc(C(N)=O)cc3)ccnc12. The summed E-state index contributed by atoms with van der Waals surface area (Å²) in [6.07, 6.45) is 1.79. The average molecular weight is 277 g/mol. The van der Waals surface area contributed by atoms with E-state index in [9.17, 15) is 4.79 Å². The summed E-state index contributed by atoms with van der Waals surface area (Å²) < 4.78 is 0. The standard InChI is InChI=1S/C17H15N3O/c1-11-3-2-4-14-15(9-10-19-16(11)14)20-13-7-5-12(6-8-13)17(18)21/h2-10H,1H3,(H2,18,21)(H,19,20). The minimum Gasteiger partial charge on any atom is -0.366 e. The Morgan fingerprint density at radius 3 is 2.57 bits per heavy atom. The molecule has 0 saturated carbocycles. The van der Waals surface area contributed by atoms with Crippen LogP contribution in [0.1, 0.15) is 15.9 Å². The lowest BCUT2D eigenvalue weighted by Crippen LogP contribution is -2.10. The van der Waals surface area contributed by atoms with Crippen LogP contribution in [0.25, 0.3) is 10.9 Å². The van der Waals surface area contributed by atoms with Crippen LogP contribution in [0.2, 0.25) is 0 Å². The molecule has 0 radical (unpaired) electrons. The van der Waals surface area contributed by atoms with Gasteiger partial charge in [0.2, 0.25) is 5.91 Å². The molecule has 0 aliphatic heterocycles. The average Bonchev–Trinajstić information content (AvgIpc) is 2.49. The number of benzene rings is 2. The van der Waals surface area contributed by atoms with Crippen LogP contribution < -0.4 is 11.1 Å². The zero-order chi connectivity index (χ0) is 14.8. The first-order valence-corrected chi connectivity index (χ1v) is 6.66. The number of nitrogens with two attached hydrogens (primary N) is 1. The predicted octanol–water partition coefficient (Wildman–Crippen LogP) is 3.39. The Kier molecular flexibility index (Phi) is 3.28. The van der Waals surface area contributed by atoms with Crippen molar-refractivity contribution in [2.45, 2.75) is 6.92 Å². The van der Waals surface area contributed by atoms with Crippen molar-refractivity contribution in [1.29, 1.82) is 0 Å². The van der Waals surface area contributed by atoms with Gasteiger partial charge in [-0.25, -0.2) is 0 Å². The fraction of sp³-hybridized carbons (Fsp3) is 0.0588. The molecule has 3 rings (SSSR count). The second kappa shape index (κ2) is 5.25. The third-order valence-electron chi connectivity index (χ3n) is 3.42. The van der Waals surface area contributed by atoms with Crippen LogP contribution in [0.3, 0.4) is 0 Å². The van der Waals surface area contributed by atoms with Gasteiger partial charge in [0, 0.05) is 28.5 Å². The molecule has 2 aromatic carbocycles. The number of fused-ring (bicyclic) bond motifs is 1. The van der Waals surface area contributed by atoms with Crippen molar-refractivity contribution >= 4 is 28.2 Å². The summed E-state index contributed by atoms with van der Waals surface area (Å²) >= 11 is 0. The third-order valence-corrected chi connectivity index (χ3v) is 3.42. The van der Waals surface area contributed by atoms with Crippen LogP contribution in [0.4, 0.5) is 11.4 Å². The predicted molar refractivity (Wildman–Crippen MR) is 84.7 cm³/mol. The van der Waals surface area contributed by atoms with E-state index in [-0.39, 0.29) is 0 Å². The van der Waals surface area contributed by atoms with Crippen molar-refractivity contribution < 1.29 is 4.79 Å². The number of pyridine rings is 1. The number of nitrogens with one attached hydrogen (secondary N) is 1. The Labute approximate surface area is 122 Å². The van der Waals surface area contributed by atoms with Crippen molar-refractivity contribution in [3.05, 3.63) is 65.9 Å². The second-order valence-corrected chi connectivity index (χ2v) is 4.90. The summed E-state index contributed by atoms with van der Waals surface area (Å²) in [6, 6.07) is 15.1. The molecule has 1 amide bonds. The number of carbonyl (C=O) groups is 1. The normalized spacial score (nSPS) is 10.5. The number of amides is 1. The number of para-hydroxylation sites is 1. The fourth-order valence-corrected chi connectivity index (χ4v) is 2.31. The Hall–Kier alpha value is -2.88. The molecule has 1 heterocycles. The van der Waals surface area contributed by atoms with Gasteiger partial charge in [0.05, 0.1) is 5.52 Å². The van der Waals surface area contributed by atoms with Crippen LogP contribution in [-0.2, 0) is 0 Å². The highest BCUT2D eigenvalue weighted by Crippen LogP contribution is 2.26. The topological polar surface area (TPSA) is 68.0 Å². The minimum absolute atomic E-state index is 0.425. The van der Waals surface area contributed by atoms with Crippen LogP contribution in [0.5, 0.6) is 0 Å². The first-order valence-electron chi connectivity index (χ1n) is 6.66. The van der Waals surface area contributed by atoms with E-state index in [1.54, 1.807) is 18.3 Å². The van der Waals surface area contributed by atoms with E-state index in [4.69, 9.17) is 5.73 Å². The molecule has 0 fully saturated rings. The maximum atomic E-state index is 11.1. The summed E-state index contributed by atoms with van der Waals surface area (Å²) in [6.45, 7) is 2.04. The summed E-state index contributed by atoms with van der Waals surface area (Å²) in [4.78, 5) is 15.5. The first kappa shape index (κ1) is 13.1. The number of rotatable bonds is 3. The molecule has 0 aliphatic carbocycles. The number of carbonyl (C=O) groups excluding carboxylic acids is 1. The van der Waals surface area contributed by atoms with Gasteiger partial charge in [0.1, 0.15) is 0 Å². The zero-order valence-electron chi connectivity index (χ0n) is 11.6. The largest absolute Gasteiger partial charge is 0.366 e. The van der Waals surface area contributed by atoms with Gasteiger partial charge in [-0.3, -0.25) is 9.78 Å². The highest BCUT2D eigenvalue weighted by Gasteiger charge is 2.05. The molecule has 4 nitrogen and oxygen atoms in total. The first-order chi connectivity index (χ1) is 10.1. The van der Waals surface area contributed by atoms with E-state index in [2.05, 4.69) is 10.3 Å². The van der Waals surface area contributed by atoms with E-state index in [0.29, 0.717) is 5.56 Å². The van der Waals surface area contributed by atoms with Gasteiger partial charge >= 0.3 is 0 Å². The maximum Gasteiger partial charge on any atom is 0.248 e. The maximum absolute atomic E-state index is 11.1. The zero-order valence-corrected chi connectivity index (χ0v) is 11.6. The smallest absolute Gasteiger partial charge is 0.248 e. The molecular formula is C17H15N3O. The molecule has 104 valence electrons. The molecule has 0 bridgehead atoms. The summed E-state index contributed by atoms with van der Waals surface area (Å²) in [5.41, 5.74) is 9.74. The van der Waals surface area contributed by atoms with Crippen LogP contribution in [0, 0.1) is 6.92 Å². The lowest BCUT2D eigenvalue weighted by Gasteiger charge is -2.10. The Bertz CT molecular complexity index is 810. The number of nitrogens with zero attached hydrogens (tertiary/aromatic N) is 1. The van der Waals surface area contributed by atoms with Gasteiger partial charge in [0.25, 0.3) is 0 Å². The summed E-state index contributed by atoms with van der Waals surface area (Å²) in [5.74, 6) is -0.425. The van der Waals surface area contributed by atoms with Crippen LogP contribution in [0.15, 0.2) is 54.7 Å². The molecular weight excluding hydrogens is 262 g/mol. The molecule has 0 unspecified atom stereocenters. The van der Waals surface area contributed by atoms with E-state index >= 15 is 0 Å². The molecule has 3 aromatic rings. The van der Waals surface area contributed by atoms with Gasteiger partial charge in [-0.1, -0.05) is 18.2 Å². The summed E-state index contributed by atoms with van der Waals surface area (Å²) in [7, 11) is 0. The molecule has 4 heteroatoms. The monoisotopic (exact) mass is 277 g/mol. The number of aryl methyl sites for hydroxylation is 1. The van der Waals surface area contributed by atoms with Gasteiger partial charge in [0.15, 0.2) is 0 Å². The molecule has 0 atom stereocenters. The van der Waals surface area contributed by atoms with Gasteiger partial charge in [-0.2, -0.15) is 0 Å². The number of anilines is 2. The van der Waals surface area contributed by atoms with Gasteiger partial charge in [-0.05, 0) is 42.8 Å². The van der Waals surface area contributed by atoms with Crippen molar-refractivity contribution in [1.82, 2.24) is 4.98 Å². The highest BCUT2D eigenvalue weighted by molar-refractivity contribution is 5.95. The van der Waals surface area contributed by atoms with Crippen molar-refractivity contribution in [3.8, 4) is 0 Å². The lowest BCUT2D eigenvalue weighted by atomic mass is 10.1. The molecule has 0 saturated heterocycles. The fourth-order valence-electron chi connectivity index (χ4n) is 2.31. The second-order valence-electron chi connectivity index (χ2n) is 4.90. The van der Waals surface area contributed by atoms with E-state index in [1.807, 2.05) is 43.3 Å². The quantitative estimate of drug-likeness (QED) is 0.771. The Balaban J connectivity index is 1.98. The summed E-state index contributed by atoms with van der Waals surface area (Å²) in [5, 5.41) is 4.41. The van der Waals surface area contributed by atoms with Crippen LogP contribution >= 0.6 is 0 Å². The van der Waals surface area contributed by atoms with Gasteiger partial charge < -0.3 is 11.1 Å². The highest BCUT2D eigenvalue weighted by atomic mass is 16.1.